The molecule has 0 unspecified atom stereocenters. The van der Waals surface area contributed by atoms with Crippen LogP contribution in [0.3, 0.4) is 0 Å². The van der Waals surface area contributed by atoms with Gasteiger partial charge in [-0.05, 0) is 35.3 Å². The number of rotatable bonds is 5. The molecule has 0 saturated carbocycles. The second-order valence-corrected chi connectivity index (χ2v) is 6.70. The Morgan fingerprint density at radius 2 is 1.56 bits per heavy atom. The third-order valence-corrected chi connectivity index (χ3v) is 4.82. The molecule has 2 heteroatoms. The summed E-state index contributed by atoms with van der Waals surface area (Å²) in [6, 6.07) is 6.65. The Balaban J connectivity index is 3.35. The van der Waals surface area contributed by atoms with Crippen LogP contribution in [0.25, 0.3) is 0 Å². The van der Waals surface area contributed by atoms with E-state index in [1.807, 2.05) is 23.0 Å². The Labute approximate surface area is 126 Å². The first-order valence-corrected chi connectivity index (χ1v) is 7.60. The van der Waals surface area contributed by atoms with Gasteiger partial charge < -0.3 is 3.07 Å². The average Bonchev–Trinajstić information content (AvgIpc) is 2.37. The molecule has 0 heterocycles. The molecule has 0 fully saturated rings. The first-order chi connectivity index (χ1) is 8.28. The zero-order chi connectivity index (χ0) is 14.0. The number of benzene rings is 1. The third-order valence-electron chi connectivity index (χ3n) is 4.34. The smallest absolute Gasteiger partial charge is 0.192 e. The van der Waals surface area contributed by atoms with Crippen LogP contribution < -0.4 is 3.07 Å². The van der Waals surface area contributed by atoms with E-state index in [4.69, 9.17) is 3.07 Å². The molecule has 1 aromatic carbocycles. The molecule has 0 spiro atoms. The van der Waals surface area contributed by atoms with Crippen LogP contribution in [0.15, 0.2) is 18.2 Å². The Kier molecular flexibility index (Phi) is 5.10. The van der Waals surface area contributed by atoms with Crippen LogP contribution in [-0.2, 0) is 10.8 Å². The molecule has 0 radical (unpaired) electrons. The zero-order valence-corrected chi connectivity index (χ0v) is 14.6. The molecule has 0 aromatic heterocycles. The van der Waals surface area contributed by atoms with Crippen LogP contribution in [0, 0.1) is 0 Å². The molecule has 0 saturated heterocycles. The van der Waals surface area contributed by atoms with E-state index < -0.39 is 0 Å². The van der Waals surface area contributed by atoms with Gasteiger partial charge >= 0.3 is 0 Å². The average molecular weight is 360 g/mol. The highest BCUT2D eigenvalue weighted by molar-refractivity contribution is 14.1. The minimum Gasteiger partial charge on any atom is -0.427 e. The van der Waals surface area contributed by atoms with Gasteiger partial charge in [-0.25, -0.2) is 0 Å². The molecule has 0 N–H and O–H groups in total. The molecule has 0 aliphatic heterocycles. The molecule has 0 aliphatic carbocycles. The highest BCUT2D eigenvalue weighted by Gasteiger charge is 2.26. The maximum Gasteiger partial charge on any atom is 0.192 e. The van der Waals surface area contributed by atoms with Crippen LogP contribution in [-0.4, -0.2) is 0 Å². The standard InChI is InChI=1S/C16H25IO/c1-7-15(3,4)12-9-10-14(18-17)13(11-12)16(5,6)8-2/h9-11H,7-8H2,1-6H3. The molecule has 0 amide bonds. The van der Waals surface area contributed by atoms with Crippen LogP contribution in [0.2, 0.25) is 0 Å². The Hall–Kier alpha value is -0.250. The van der Waals surface area contributed by atoms with E-state index in [2.05, 4.69) is 59.7 Å². The highest BCUT2D eigenvalue weighted by atomic mass is 127. The van der Waals surface area contributed by atoms with Gasteiger partial charge in [0.2, 0.25) is 0 Å². The number of halogens is 1. The summed E-state index contributed by atoms with van der Waals surface area (Å²) in [5.41, 5.74) is 3.10. The summed E-state index contributed by atoms with van der Waals surface area (Å²) < 4.78 is 5.50. The fourth-order valence-electron chi connectivity index (χ4n) is 1.94. The molecule has 0 atom stereocenters. The maximum atomic E-state index is 5.50. The second kappa shape index (κ2) is 5.81. The second-order valence-electron chi connectivity index (χ2n) is 6.26. The summed E-state index contributed by atoms with van der Waals surface area (Å²) in [4.78, 5) is 0. The van der Waals surface area contributed by atoms with Crippen molar-refractivity contribution in [2.45, 2.75) is 65.2 Å². The van der Waals surface area contributed by atoms with Crippen LogP contribution >= 0.6 is 23.0 Å². The predicted molar refractivity (Wildman–Crippen MR) is 87.7 cm³/mol. The van der Waals surface area contributed by atoms with Gasteiger partial charge in [-0.3, -0.25) is 0 Å². The SMILES string of the molecule is CCC(C)(C)c1ccc(OI)c(C(C)(C)CC)c1. The first kappa shape index (κ1) is 15.8. The Morgan fingerprint density at radius 3 is 2.00 bits per heavy atom. The van der Waals surface area contributed by atoms with E-state index >= 15 is 0 Å². The number of hydrogen-bond acceptors (Lipinski definition) is 1. The van der Waals surface area contributed by atoms with Crippen molar-refractivity contribution < 1.29 is 3.07 Å². The topological polar surface area (TPSA) is 9.23 Å². The maximum absolute atomic E-state index is 5.50. The molecule has 102 valence electrons. The number of hydrogen-bond donors (Lipinski definition) is 0. The molecule has 0 aliphatic rings. The van der Waals surface area contributed by atoms with Gasteiger partial charge in [-0.2, -0.15) is 0 Å². The summed E-state index contributed by atoms with van der Waals surface area (Å²) >= 11 is 1.98. The van der Waals surface area contributed by atoms with Crippen molar-refractivity contribution in [2.75, 3.05) is 0 Å². The van der Waals surface area contributed by atoms with Gasteiger partial charge in [-0.1, -0.05) is 53.7 Å². The van der Waals surface area contributed by atoms with Gasteiger partial charge in [0.25, 0.3) is 0 Å². The van der Waals surface area contributed by atoms with Crippen molar-refractivity contribution in [1.82, 2.24) is 0 Å². The lowest BCUT2D eigenvalue weighted by atomic mass is 9.76. The van der Waals surface area contributed by atoms with Gasteiger partial charge in [-0.15, -0.1) is 0 Å². The van der Waals surface area contributed by atoms with E-state index in [-0.39, 0.29) is 10.8 Å². The van der Waals surface area contributed by atoms with Gasteiger partial charge in [0.1, 0.15) is 5.75 Å². The van der Waals surface area contributed by atoms with Crippen molar-refractivity contribution in [3.05, 3.63) is 29.3 Å². The van der Waals surface area contributed by atoms with Crippen LogP contribution in [0.4, 0.5) is 0 Å². The first-order valence-electron chi connectivity index (χ1n) is 6.72. The zero-order valence-electron chi connectivity index (χ0n) is 12.4. The minimum atomic E-state index is 0.153. The monoisotopic (exact) mass is 360 g/mol. The minimum absolute atomic E-state index is 0.153. The van der Waals surface area contributed by atoms with Crippen LogP contribution in [0.1, 0.15) is 65.5 Å². The lowest BCUT2D eigenvalue weighted by Crippen LogP contribution is -2.20. The van der Waals surface area contributed by atoms with Crippen molar-refractivity contribution in [2.24, 2.45) is 0 Å². The Bertz CT molecular complexity index is 408. The van der Waals surface area contributed by atoms with Crippen molar-refractivity contribution >= 4 is 23.0 Å². The van der Waals surface area contributed by atoms with Gasteiger partial charge in [0.15, 0.2) is 23.0 Å². The largest absolute Gasteiger partial charge is 0.427 e. The van der Waals surface area contributed by atoms with E-state index in [9.17, 15) is 0 Å². The molecule has 0 bridgehead atoms. The molecule has 18 heavy (non-hydrogen) atoms. The molecule has 1 rings (SSSR count). The summed E-state index contributed by atoms with van der Waals surface area (Å²) in [7, 11) is 0. The summed E-state index contributed by atoms with van der Waals surface area (Å²) in [6.07, 6.45) is 2.25. The molecular weight excluding hydrogens is 335 g/mol. The van der Waals surface area contributed by atoms with Crippen LogP contribution in [0.5, 0.6) is 5.75 Å². The predicted octanol–water partition coefficient (Wildman–Crippen LogP) is 5.79. The lowest BCUT2D eigenvalue weighted by Gasteiger charge is -2.29. The quantitative estimate of drug-likeness (QED) is 0.604. The lowest BCUT2D eigenvalue weighted by molar-refractivity contribution is 0.478. The summed E-state index contributed by atoms with van der Waals surface area (Å²) in [6.45, 7) is 13.6. The van der Waals surface area contributed by atoms with E-state index in [1.165, 1.54) is 11.1 Å². The van der Waals surface area contributed by atoms with E-state index in [1.54, 1.807) is 0 Å². The van der Waals surface area contributed by atoms with Crippen molar-refractivity contribution in [3.63, 3.8) is 0 Å². The summed E-state index contributed by atoms with van der Waals surface area (Å²) in [5, 5.41) is 0. The molecule has 1 nitrogen and oxygen atoms in total. The molecular formula is C16H25IO. The third kappa shape index (κ3) is 3.19. The fraction of sp³-hybridized carbons (Fsp3) is 0.625. The Morgan fingerprint density at radius 1 is 1.00 bits per heavy atom. The molecule has 1 aromatic rings. The van der Waals surface area contributed by atoms with Crippen molar-refractivity contribution in [1.29, 1.82) is 0 Å². The van der Waals surface area contributed by atoms with E-state index in [0.29, 0.717) is 0 Å². The fourth-order valence-corrected chi connectivity index (χ4v) is 2.33. The highest BCUT2D eigenvalue weighted by Crippen LogP contribution is 2.38. The summed E-state index contributed by atoms with van der Waals surface area (Å²) in [5.74, 6) is 0.998. The van der Waals surface area contributed by atoms with Gasteiger partial charge in [0, 0.05) is 5.56 Å². The van der Waals surface area contributed by atoms with E-state index in [0.717, 1.165) is 18.6 Å². The normalized spacial score (nSPS) is 12.6. The van der Waals surface area contributed by atoms with Gasteiger partial charge in [0.05, 0.1) is 0 Å². The van der Waals surface area contributed by atoms with Crippen molar-refractivity contribution in [3.8, 4) is 5.75 Å².